The number of amides is 1. The number of carbonyl (C=O) groups excluding carboxylic acids is 1. The molecule has 0 atom stereocenters. The molecule has 0 fully saturated rings. The number of methoxy groups -OCH3 is 2. The van der Waals surface area contributed by atoms with E-state index in [0.717, 1.165) is 27.9 Å². The molecule has 0 aliphatic rings. The molecule has 6 nitrogen and oxygen atoms in total. The number of ether oxygens (including phenoxy) is 2. The lowest BCUT2D eigenvalue weighted by Crippen LogP contribution is -2.15. The van der Waals surface area contributed by atoms with Gasteiger partial charge in [0.1, 0.15) is 17.2 Å². The van der Waals surface area contributed by atoms with Crippen LogP contribution in [0.25, 0.3) is 10.9 Å². The van der Waals surface area contributed by atoms with E-state index < -0.39 is 0 Å². The van der Waals surface area contributed by atoms with Crippen LogP contribution in [0.1, 0.15) is 28.0 Å². The number of fused-ring (bicyclic) bond motifs is 1. The van der Waals surface area contributed by atoms with Gasteiger partial charge < -0.3 is 14.0 Å². The molecule has 132 valence electrons. The van der Waals surface area contributed by atoms with Crippen LogP contribution in [0.2, 0.25) is 0 Å². The molecule has 3 rings (SSSR count). The third-order valence-electron chi connectivity index (χ3n) is 4.24. The molecule has 0 spiro atoms. The number of hydrogen-bond donors (Lipinski definition) is 1. The van der Waals surface area contributed by atoms with E-state index in [0.29, 0.717) is 22.3 Å². The van der Waals surface area contributed by atoms with E-state index in [-0.39, 0.29) is 5.91 Å². The Bertz CT molecular complexity index is 943. The zero-order chi connectivity index (χ0) is 18.1. The SMILES string of the molecule is CCc1nc(NC(=O)c2cc3c(OC)ccc(OC)c3n2C)sc1C. The molecule has 0 aliphatic heterocycles. The average Bonchev–Trinajstić information content (AvgIpc) is 3.14. The van der Waals surface area contributed by atoms with E-state index in [1.807, 2.05) is 36.7 Å². The van der Waals surface area contributed by atoms with Crippen LogP contribution < -0.4 is 14.8 Å². The van der Waals surface area contributed by atoms with Crippen LogP contribution in [-0.4, -0.2) is 29.7 Å². The van der Waals surface area contributed by atoms with Gasteiger partial charge >= 0.3 is 0 Å². The smallest absolute Gasteiger partial charge is 0.274 e. The first kappa shape index (κ1) is 17.3. The summed E-state index contributed by atoms with van der Waals surface area (Å²) >= 11 is 1.49. The Morgan fingerprint density at radius 2 is 1.96 bits per heavy atom. The van der Waals surface area contributed by atoms with Gasteiger partial charge in [-0.1, -0.05) is 6.92 Å². The first-order valence-electron chi connectivity index (χ1n) is 7.98. The fraction of sp³-hybridized carbons (Fsp3) is 0.333. The Balaban J connectivity index is 2.02. The molecule has 0 aliphatic carbocycles. The highest BCUT2D eigenvalue weighted by Gasteiger charge is 2.20. The van der Waals surface area contributed by atoms with Crippen molar-refractivity contribution in [3.8, 4) is 11.5 Å². The number of hydrogen-bond acceptors (Lipinski definition) is 5. The Morgan fingerprint density at radius 3 is 2.56 bits per heavy atom. The van der Waals surface area contributed by atoms with Crippen molar-refractivity contribution >= 4 is 33.3 Å². The molecule has 0 saturated heterocycles. The first-order chi connectivity index (χ1) is 12.0. The van der Waals surface area contributed by atoms with Gasteiger partial charge in [-0.15, -0.1) is 11.3 Å². The molecule has 0 unspecified atom stereocenters. The maximum absolute atomic E-state index is 12.8. The van der Waals surface area contributed by atoms with E-state index in [4.69, 9.17) is 9.47 Å². The normalized spacial score (nSPS) is 10.9. The predicted octanol–water partition coefficient (Wildman–Crippen LogP) is 3.78. The average molecular weight is 359 g/mol. The quantitative estimate of drug-likeness (QED) is 0.753. The summed E-state index contributed by atoms with van der Waals surface area (Å²) in [6.45, 7) is 4.06. The van der Waals surface area contributed by atoms with E-state index >= 15 is 0 Å². The maximum atomic E-state index is 12.8. The van der Waals surface area contributed by atoms with Gasteiger partial charge in [0.2, 0.25) is 0 Å². The number of carbonyl (C=O) groups is 1. The Morgan fingerprint density at radius 1 is 1.28 bits per heavy atom. The second-order valence-corrected chi connectivity index (χ2v) is 6.85. The van der Waals surface area contributed by atoms with E-state index in [9.17, 15) is 4.79 Å². The first-order valence-corrected chi connectivity index (χ1v) is 8.79. The van der Waals surface area contributed by atoms with Crippen molar-refractivity contribution in [1.29, 1.82) is 0 Å². The van der Waals surface area contributed by atoms with Crippen LogP contribution in [0.4, 0.5) is 5.13 Å². The van der Waals surface area contributed by atoms with Gasteiger partial charge in [-0.3, -0.25) is 10.1 Å². The lowest BCUT2D eigenvalue weighted by molar-refractivity contribution is 0.101. The van der Waals surface area contributed by atoms with Crippen LogP contribution in [0.3, 0.4) is 0 Å². The number of anilines is 1. The van der Waals surface area contributed by atoms with Crippen molar-refractivity contribution in [3.63, 3.8) is 0 Å². The molecule has 0 radical (unpaired) electrons. The van der Waals surface area contributed by atoms with Crippen LogP contribution >= 0.6 is 11.3 Å². The minimum Gasteiger partial charge on any atom is -0.496 e. The molecule has 1 aromatic carbocycles. The highest BCUT2D eigenvalue weighted by Crippen LogP contribution is 2.35. The van der Waals surface area contributed by atoms with Gasteiger partial charge in [0.25, 0.3) is 5.91 Å². The highest BCUT2D eigenvalue weighted by atomic mass is 32.1. The van der Waals surface area contributed by atoms with Gasteiger partial charge in [-0.2, -0.15) is 0 Å². The molecule has 3 aromatic rings. The Hall–Kier alpha value is -2.54. The monoisotopic (exact) mass is 359 g/mol. The molecule has 25 heavy (non-hydrogen) atoms. The number of nitrogens with zero attached hydrogens (tertiary/aromatic N) is 2. The molecule has 0 bridgehead atoms. The molecule has 2 aromatic heterocycles. The highest BCUT2D eigenvalue weighted by molar-refractivity contribution is 7.15. The van der Waals surface area contributed by atoms with Gasteiger partial charge in [0.15, 0.2) is 5.13 Å². The van der Waals surface area contributed by atoms with E-state index in [1.54, 1.807) is 14.2 Å². The lowest BCUT2D eigenvalue weighted by Gasteiger charge is -2.08. The number of thiazole rings is 1. The summed E-state index contributed by atoms with van der Waals surface area (Å²) in [7, 11) is 5.06. The van der Waals surface area contributed by atoms with Gasteiger partial charge in [-0.25, -0.2) is 4.98 Å². The lowest BCUT2D eigenvalue weighted by atomic mass is 10.2. The number of benzene rings is 1. The minimum absolute atomic E-state index is 0.209. The van der Waals surface area contributed by atoms with Crippen LogP contribution in [0.5, 0.6) is 11.5 Å². The molecule has 1 N–H and O–H groups in total. The number of nitrogens with one attached hydrogen (secondary N) is 1. The van der Waals surface area contributed by atoms with Crippen LogP contribution in [0.15, 0.2) is 18.2 Å². The van der Waals surface area contributed by atoms with Gasteiger partial charge in [0.05, 0.1) is 25.4 Å². The molecule has 1 amide bonds. The van der Waals surface area contributed by atoms with Crippen molar-refractivity contribution in [2.75, 3.05) is 19.5 Å². The maximum Gasteiger partial charge on any atom is 0.274 e. The largest absolute Gasteiger partial charge is 0.496 e. The van der Waals surface area contributed by atoms with Crippen LogP contribution in [0, 0.1) is 6.92 Å². The molecular weight excluding hydrogens is 338 g/mol. The third-order valence-corrected chi connectivity index (χ3v) is 5.17. The third kappa shape index (κ3) is 2.95. The second-order valence-electron chi connectivity index (χ2n) is 5.65. The Kier molecular flexibility index (Phi) is 4.67. The zero-order valence-electron chi connectivity index (χ0n) is 15.0. The van der Waals surface area contributed by atoms with Crippen LogP contribution in [-0.2, 0) is 13.5 Å². The van der Waals surface area contributed by atoms with Crippen molar-refractivity contribution in [3.05, 3.63) is 34.5 Å². The zero-order valence-corrected chi connectivity index (χ0v) is 15.8. The molecule has 0 saturated carbocycles. The van der Waals surface area contributed by atoms with Crippen molar-refractivity contribution < 1.29 is 14.3 Å². The summed E-state index contributed by atoms with van der Waals surface area (Å²) in [5, 5.41) is 4.34. The van der Waals surface area contributed by atoms with Crippen molar-refractivity contribution in [2.45, 2.75) is 20.3 Å². The summed E-state index contributed by atoms with van der Waals surface area (Å²) in [5.41, 5.74) is 2.35. The molecular formula is C18H21N3O3S. The summed E-state index contributed by atoms with van der Waals surface area (Å²) in [4.78, 5) is 18.4. The van der Waals surface area contributed by atoms with Crippen molar-refractivity contribution in [2.24, 2.45) is 7.05 Å². The minimum atomic E-state index is -0.209. The topological polar surface area (TPSA) is 65.4 Å². The van der Waals surface area contributed by atoms with Crippen molar-refractivity contribution in [1.82, 2.24) is 9.55 Å². The predicted molar refractivity (Wildman–Crippen MR) is 100 cm³/mol. The molecule has 2 heterocycles. The number of aryl methyl sites for hydroxylation is 3. The summed E-state index contributed by atoms with van der Waals surface area (Å²) in [5.74, 6) is 1.18. The Labute approximate surface area is 150 Å². The van der Waals surface area contributed by atoms with E-state index in [1.165, 1.54) is 11.3 Å². The standard InChI is InChI=1S/C18H21N3O3S/c1-6-12-10(2)25-18(19-12)20-17(22)13-9-11-14(23-4)7-8-15(24-5)16(11)21(13)3/h7-9H,6H2,1-5H3,(H,19,20,22). The fourth-order valence-corrected chi connectivity index (χ4v) is 3.84. The fourth-order valence-electron chi connectivity index (χ4n) is 2.94. The summed E-state index contributed by atoms with van der Waals surface area (Å²) < 4.78 is 12.7. The number of aromatic nitrogens is 2. The summed E-state index contributed by atoms with van der Waals surface area (Å²) in [6.07, 6.45) is 0.848. The van der Waals surface area contributed by atoms with Gasteiger partial charge in [-0.05, 0) is 31.5 Å². The van der Waals surface area contributed by atoms with Gasteiger partial charge in [0, 0.05) is 17.3 Å². The number of rotatable bonds is 5. The molecule has 7 heteroatoms. The van der Waals surface area contributed by atoms with E-state index in [2.05, 4.69) is 17.2 Å². The second kappa shape index (κ2) is 6.76. The summed E-state index contributed by atoms with van der Waals surface area (Å²) in [6, 6.07) is 5.48.